The van der Waals surface area contributed by atoms with E-state index >= 15 is 0 Å². The highest BCUT2D eigenvalue weighted by Gasteiger charge is 2.05. The zero-order valence-electron chi connectivity index (χ0n) is 6.73. The van der Waals surface area contributed by atoms with Crippen LogP contribution in [-0.4, -0.2) is 19.6 Å². The number of aromatic nitrogens is 4. The van der Waals surface area contributed by atoms with Gasteiger partial charge in [-0.2, -0.15) is 5.10 Å². The van der Waals surface area contributed by atoms with Crippen LogP contribution in [0.3, 0.4) is 0 Å². The second-order valence-corrected chi connectivity index (χ2v) is 2.52. The second-order valence-electron chi connectivity index (χ2n) is 2.52. The van der Waals surface area contributed by atoms with Gasteiger partial charge in [-0.05, 0) is 6.92 Å². The molecule has 5 nitrogen and oxygen atoms in total. The summed E-state index contributed by atoms with van der Waals surface area (Å²) in [6.45, 7) is 2.31. The van der Waals surface area contributed by atoms with Crippen LogP contribution in [0, 0.1) is 6.92 Å². The van der Waals surface area contributed by atoms with Crippen molar-refractivity contribution in [2.75, 3.05) is 0 Å². The van der Waals surface area contributed by atoms with E-state index in [1.54, 1.807) is 10.7 Å². The molecule has 0 amide bonds. The van der Waals surface area contributed by atoms with Gasteiger partial charge in [0.1, 0.15) is 17.7 Å². The summed E-state index contributed by atoms with van der Waals surface area (Å²) >= 11 is 0. The lowest BCUT2D eigenvalue weighted by atomic mass is 10.4. The summed E-state index contributed by atoms with van der Waals surface area (Å²) in [5.74, 6) is 0.768. The van der Waals surface area contributed by atoms with Crippen molar-refractivity contribution in [3.8, 4) is 0 Å². The van der Waals surface area contributed by atoms with Crippen molar-refractivity contribution in [2.45, 2.75) is 13.5 Å². The fourth-order valence-electron chi connectivity index (χ4n) is 1.18. The predicted octanol–water partition coefficient (Wildman–Crippen LogP) is -0.109. The van der Waals surface area contributed by atoms with Crippen molar-refractivity contribution in [3.05, 3.63) is 24.0 Å². The van der Waals surface area contributed by atoms with E-state index in [-0.39, 0.29) is 0 Å². The first kappa shape index (κ1) is 7.17. The topological polar surface area (TPSA) is 69.1 Å². The lowest BCUT2D eigenvalue weighted by Gasteiger charge is -1.93. The first-order chi connectivity index (χ1) is 5.83. The van der Waals surface area contributed by atoms with E-state index in [2.05, 4.69) is 15.1 Å². The standard InChI is InChI=1S/C7H9N5/c1-5-6-3-9-4-10-12(6)7(2-8)11-5/h3-4H,2,8H2,1H3. The van der Waals surface area contributed by atoms with Crippen LogP contribution in [0.2, 0.25) is 0 Å². The van der Waals surface area contributed by atoms with Crippen LogP contribution < -0.4 is 5.73 Å². The number of hydrogen-bond donors (Lipinski definition) is 1. The summed E-state index contributed by atoms with van der Waals surface area (Å²) < 4.78 is 1.71. The average Bonchev–Trinajstić information content (AvgIpc) is 2.44. The maximum Gasteiger partial charge on any atom is 0.144 e. The highest BCUT2D eigenvalue weighted by Crippen LogP contribution is 2.07. The number of hydrogen-bond acceptors (Lipinski definition) is 4. The summed E-state index contributed by atoms with van der Waals surface area (Å²) in [5, 5.41) is 4.04. The number of imidazole rings is 1. The van der Waals surface area contributed by atoms with Crippen LogP contribution >= 0.6 is 0 Å². The zero-order chi connectivity index (χ0) is 8.55. The van der Waals surface area contributed by atoms with E-state index in [4.69, 9.17) is 5.73 Å². The minimum absolute atomic E-state index is 0.395. The van der Waals surface area contributed by atoms with Gasteiger partial charge < -0.3 is 5.73 Å². The number of rotatable bonds is 1. The maximum absolute atomic E-state index is 5.49. The summed E-state index contributed by atoms with van der Waals surface area (Å²) in [6, 6.07) is 0. The van der Waals surface area contributed by atoms with E-state index in [1.807, 2.05) is 6.92 Å². The van der Waals surface area contributed by atoms with Crippen molar-refractivity contribution in [1.29, 1.82) is 0 Å². The minimum atomic E-state index is 0.395. The van der Waals surface area contributed by atoms with Crippen molar-refractivity contribution >= 4 is 5.52 Å². The van der Waals surface area contributed by atoms with Crippen molar-refractivity contribution in [2.24, 2.45) is 5.73 Å². The molecule has 0 fully saturated rings. The summed E-state index contributed by atoms with van der Waals surface area (Å²) in [7, 11) is 0. The highest BCUT2D eigenvalue weighted by atomic mass is 15.3. The maximum atomic E-state index is 5.49. The monoisotopic (exact) mass is 163 g/mol. The Hall–Kier alpha value is -1.49. The van der Waals surface area contributed by atoms with Gasteiger partial charge in [0.15, 0.2) is 0 Å². The molecule has 12 heavy (non-hydrogen) atoms. The van der Waals surface area contributed by atoms with E-state index in [0.717, 1.165) is 17.0 Å². The molecular weight excluding hydrogens is 154 g/mol. The molecule has 2 aromatic heterocycles. The molecule has 2 aromatic rings. The van der Waals surface area contributed by atoms with Gasteiger partial charge in [0, 0.05) is 0 Å². The van der Waals surface area contributed by atoms with Crippen molar-refractivity contribution in [1.82, 2.24) is 19.6 Å². The highest BCUT2D eigenvalue weighted by molar-refractivity contribution is 5.49. The number of nitrogens with two attached hydrogens (primary N) is 1. The SMILES string of the molecule is Cc1nc(CN)n2ncncc12. The van der Waals surface area contributed by atoms with Crippen LogP contribution in [0.5, 0.6) is 0 Å². The van der Waals surface area contributed by atoms with E-state index < -0.39 is 0 Å². The van der Waals surface area contributed by atoms with Gasteiger partial charge >= 0.3 is 0 Å². The lowest BCUT2D eigenvalue weighted by molar-refractivity contribution is 0.798. The second kappa shape index (κ2) is 2.53. The largest absolute Gasteiger partial charge is 0.324 e. The predicted molar refractivity (Wildman–Crippen MR) is 43.4 cm³/mol. The molecule has 0 aromatic carbocycles. The molecule has 0 spiro atoms. The van der Waals surface area contributed by atoms with Gasteiger partial charge in [-0.15, -0.1) is 0 Å². The van der Waals surface area contributed by atoms with Crippen LogP contribution in [0.4, 0.5) is 0 Å². The molecule has 0 saturated carbocycles. The Labute approximate surface area is 69.2 Å². The fraction of sp³-hybridized carbons (Fsp3) is 0.286. The molecule has 0 saturated heterocycles. The van der Waals surface area contributed by atoms with Crippen molar-refractivity contribution in [3.63, 3.8) is 0 Å². The van der Waals surface area contributed by atoms with Gasteiger partial charge in [0.2, 0.25) is 0 Å². The van der Waals surface area contributed by atoms with E-state index in [1.165, 1.54) is 6.33 Å². The van der Waals surface area contributed by atoms with Crippen LogP contribution in [0.1, 0.15) is 11.5 Å². The summed E-state index contributed by atoms with van der Waals surface area (Å²) in [5.41, 5.74) is 7.31. The third-order valence-electron chi connectivity index (χ3n) is 1.75. The van der Waals surface area contributed by atoms with Gasteiger partial charge in [-0.3, -0.25) is 0 Å². The molecule has 62 valence electrons. The molecule has 0 aliphatic carbocycles. The molecule has 0 aliphatic rings. The normalized spacial score (nSPS) is 10.8. The third-order valence-corrected chi connectivity index (χ3v) is 1.75. The minimum Gasteiger partial charge on any atom is -0.324 e. The molecule has 0 aliphatic heterocycles. The van der Waals surface area contributed by atoms with E-state index in [0.29, 0.717) is 6.54 Å². The van der Waals surface area contributed by atoms with Gasteiger partial charge in [0.05, 0.1) is 18.4 Å². The molecule has 2 heterocycles. The Kier molecular flexibility index (Phi) is 1.51. The molecule has 2 rings (SSSR count). The molecular formula is C7H9N5. The molecule has 2 N–H and O–H groups in total. The summed E-state index contributed by atoms with van der Waals surface area (Å²) in [4.78, 5) is 8.15. The molecule has 0 atom stereocenters. The van der Waals surface area contributed by atoms with E-state index in [9.17, 15) is 0 Å². The summed E-state index contributed by atoms with van der Waals surface area (Å²) in [6.07, 6.45) is 3.21. The Morgan fingerprint density at radius 1 is 1.58 bits per heavy atom. The molecule has 0 unspecified atom stereocenters. The number of nitrogens with zero attached hydrogens (tertiary/aromatic N) is 4. The quantitative estimate of drug-likeness (QED) is 0.637. The Morgan fingerprint density at radius 2 is 2.42 bits per heavy atom. The fourth-order valence-corrected chi connectivity index (χ4v) is 1.18. The van der Waals surface area contributed by atoms with Crippen molar-refractivity contribution < 1.29 is 0 Å². The van der Waals surface area contributed by atoms with Crippen LogP contribution in [0.15, 0.2) is 12.5 Å². The van der Waals surface area contributed by atoms with Gasteiger partial charge in [0.25, 0.3) is 0 Å². The van der Waals surface area contributed by atoms with Crippen LogP contribution in [0.25, 0.3) is 5.52 Å². The van der Waals surface area contributed by atoms with Crippen LogP contribution in [-0.2, 0) is 6.54 Å². The van der Waals surface area contributed by atoms with Gasteiger partial charge in [-0.25, -0.2) is 14.5 Å². The Bertz CT molecular complexity index is 405. The lowest BCUT2D eigenvalue weighted by Crippen LogP contribution is -2.04. The smallest absolute Gasteiger partial charge is 0.144 e. The number of aryl methyl sites for hydroxylation is 1. The zero-order valence-corrected chi connectivity index (χ0v) is 6.73. The Balaban J connectivity index is 2.82. The van der Waals surface area contributed by atoms with Gasteiger partial charge in [-0.1, -0.05) is 0 Å². The third kappa shape index (κ3) is 0.868. The Morgan fingerprint density at radius 3 is 3.17 bits per heavy atom. The molecule has 0 radical (unpaired) electrons. The molecule has 5 heteroatoms. The molecule has 0 bridgehead atoms. The first-order valence-corrected chi connectivity index (χ1v) is 3.67. The number of fused-ring (bicyclic) bond motifs is 1. The first-order valence-electron chi connectivity index (χ1n) is 3.67. The average molecular weight is 163 g/mol.